The SMILES string of the molecule is COC(=O)C1CC2(C(=O)Nc3ccc(NC=C(C#N)C#N)cc32)N2CCCC12. The zero-order valence-corrected chi connectivity index (χ0v) is 15.4. The molecule has 0 aliphatic carbocycles. The molecule has 3 atom stereocenters. The van der Waals surface area contributed by atoms with E-state index in [1.165, 1.54) is 13.3 Å². The van der Waals surface area contributed by atoms with E-state index in [9.17, 15) is 9.59 Å². The lowest BCUT2D eigenvalue weighted by molar-refractivity contribution is -0.146. The van der Waals surface area contributed by atoms with E-state index >= 15 is 0 Å². The number of amides is 1. The lowest BCUT2D eigenvalue weighted by atomic mass is 9.84. The van der Waals surface area contributed by atoms with Crippen LogP contribution in [-0.2, 0) is 19.9 Å². The summed E-state index contributed by atoms with van der Waals surface area (Å²) in [5, 5.41) is 23.7. The molecule has 3 aliphatic rings. The smallest absolute Gasteiger partial charge is 0.310 e. The molecule has 0 aromatic heterocycles. The Kier molecular flexibility index (Phi) is 4.29. The van der Waals surface area contributed by atoms with Gasteiger partial charge in [-0.3, -0.25) is 14.5 Å². The summed E-state index contributed by atoms with van der Waals surface area (Å²) in [6.45, 7) is 0.746. The largest absolute Gasteiger partial charge is 0.469 e. The van der Waals surface area contributed by atoms with Crippen molar-refractivity contribution in [1.29, 1.82) is 10.5 Å². The molecule has 8 heteroatoms. The van der Waals surface area contributed by atoms with E-state index in [2.05, 4.69) is 15.5 Å². The number of esters is 1. The first-order chi connectivity index (χ1) is 13.5. The van der Waals surface area contributed by atoms with Gasteiger partial charge < -0.3 is 15.4 Å². The first-order valence-corrected chi connectivity index (χ1v) is 9.12. The minimum Gasteiger partial charge on any atom is -0.469 e. The van der Waals surface area contributed by atoms with Gasteiger partial charge in [0, 0.05) is 29.2 Å². The molecule has 1 aromatic carbocycles. The van der Waals surface area contributed by atoms with Gasteiger partial charge in [0.05, 0.1) is 13.0 Å². The molecule has 2 saturated heterocycles. The second-order valence-electron chi connectivity index (χ2n) is 7.24. The van der Waals surface area contributed by atoms with Gasteiger partial charge in [-0.25, -0.2) is 0 Å². The first-order valence-electron chi connectivity index (χ1n) is 9.12. The van der Waals surface area contributed by atoms with Crippen molar-refractivity contribution in [3.05, 3.63) is 35.5 Å². The maximum Gasteiger partial charge on any atom is 0.310 e. The van der Waals surface area contributed by atoms with E-state index in [1.807, 2.05) is 6.07 Å². The summed E-state index contributed by atoms with van der Waals surface area (Å²) in [5.74, 6) is -0.743. The molecule has 1 aromatic rings. The minimum absolute atomic E-state index is 0.00978. The van der Waals surface area contributed by atoms with Gasteiger partial charge in [0.15, 0.2) is 0 Å². The van der Waals surface area contributed by atoms with Crippen LogP contribution in [0.4, 0.5) is 11.4 Å². The molecule has 2 fully saturated rings. The normalized spacial score (nSPS) is 27.3. The Bertz CT molecular complexity index is 957. The van der Waals surface area contributed by atoms with E-state index in [0.29, 0.717) is 12.1 Å². The molecule has 1 amide bonds. The van der Waals surface area contributed by atoms with Crippen molar-refractivity contribution in [2.75, 3.05) is 24.3 Å². The Morgan fingerprint density at radius 3 is 2.93 bits per heavy atom. The third-order valence-electron chi connectivity index (χ3n) is 5.99. The molecule has 2 N–H and O–H groups in total. The van der Waals surface area contributed by atoms with Gasteiger partial charge in [0.25, 0.3) is 0 Å². The highest BCUT2D eigenvalue weighted by Gasteiger charge is 2.63. The van der Waals surface area contributed by atoms with E-state index in [0.717, 1.165) is 30.6 Å². The summed E-state index contributed by atoms with van der Waals surface area (Å²) in [5.41, 5.74) is 1.25. The number of anilines is 2. The van der Waals surface area contributed by atoms with E-state index in [1.54, 1.807) is 24.3 Å². The number of nitriles is 2. The summed E-state index contributed by atoms with van der Waals surface area (Å²) in [6, 6.07) is 9.01. The van der Waals surface area contributed by atoms with Crippen molar-refractivity contribution < 1.29 is 14.3 Å². The number of hydrogen-bond donors (Lipinski definition) is 2. The van der Waals surface area contributed by atoms with Crippen molar-refractivity contribution in [3.63, 3.8) is 0 Å². The van der Waals surface area contributed by atoms with Crippen LogP contribution in [0.1, 0.15) is 24.8 Å². The number of carbonyl (C=O) groups excluding carboxylic acids is 2. The summed E-state index contributed by atoms with van der Waals surface area (Å²) in [6.07, 6.45) is 3.50. The van der Waals surface area contributed by atoms with Crippen molar-refractivity contribution in [2.45, 2.75) is 30.8 Å². The highest BCUT2D eigenvalue weighted by atomic mass is 16.5. The van der Waals surface area contributed by atoms with Crippen LogP contribution in [0.15, 0.2) is 30.0 Å². The fraction of sp³-hybridized carbons (Fsp3) is 0.400. The number of fused-ring (bicyclic) bond motifs is 4. The van der Waals surface area contributed by atoms with Gasteiger partial charge >= 0.3 is 5.97 Å². The number of nitrogens with one attached hydrogen (secondary N) is 2. The van der Waals surface area contributed by atoms with Crippen LogP contribution in [0.2, 0.25) is 0 Å². The zero-order valence-electron chi connectivity index (χ0n) is 15.4. The second-order valence-corrected chi connectivity index (χ2v) is 7.24. The molecule has 0 saturated carbocycles. The molecule has 142 valence electrons. The molecular weight excluding hydrogens is 358 g/mol. The highest BCUT2D eigenvalue weighted by molar-refractivity contribution is 6.07. The average Bonchev–Trinajstić information content (AvgIpc) is 3.37. The van der Waals surface area contributed by atoms with Crippen LogP contribution in [0.5, 0.6) is 0 Å². The minimum atomic E-state index is -0.899. The number of hydrogen-bond acceptors (Lipinski definition) is 7. The van der Waals surface area contributed by atoms with Gasteiger partial charge in [0.1, 0.15) is 23.3 Å². The van der Waals surface area contributed by atoms with Crippen LogP contribution in [0.25, 0.3) is 0 Å². The average molecular weight is 377 g/mol. The van der Waals surface area contributed by atoms with E-state index in [4.69, 9.17) is 15.3 Å². The standard InChI is InChI=1S/C20H19N5O3/c1-28-18(26)14-8-20(25-6-2-3-17(14)25)15-7-13(23-11-12(9-21)10-22)4-5-16(15)24-19(20)27/h4-5,7,11,14,17,23H,2-3,6,8H2,1H3,(H,24,27). The van der Waals surface area contributed by atoms with E-state index in [-0.39, 0.29) is 29.4 Å². The molecule has 4 rings (SSSR count). The summed E-state index contributed by atoms with van der Waals surface area (Å²) >= 11 is 0. The quantitative estimate of drug-likeness (QED) is 0.609. The Morgan fingerprint density at radius 2 is 2.21 bits per heavy atom. The summed E-state index contributed by atoms with van der Waals surface area (Å²) in [7, 11) is 1.38. The summed E-state index contributed by atoms with van der Waals surface area (Å²) < 4.78 is 5.00. The van der Waals surface area contributed by atoms with Gasteiger partial charge in [-0.1, -0.05) is 0 Å². The number of nitrogens with zero attached hydrogens (tertiary/aromatic N) is 3. The van der Waals surface area contributed by atoms with Crippen molar-refractivity contribution in [1.82, 2.24) is 4.90 Å². The van der Waals surface area contributed by atoms with E-state index < -0.39 is 5.54 Å². The number of allylic oxidation sites excluding steroid dienone is 1. The Hall–Kier alpha value is -3.36. The molecule has 3 aliphatic heterocycles. The van der Waals surface area contributed by atoms with Gasteiger partial charge in [-0.2, -0.15) is 10.5 Å². The number of benzene rings is 1. The molecule has 28 heavy (non-hydrogen) atoms. The molecular formula is C20H19N5O3. The lowest BCUT2D eigenvalue weighted by Crippen LogP contribution is -2.47. The van der Waals surface area contributed by atoms with Gasteiger partial charge in [-0.15, -0.1) is 0 Å². The third kappa shape index (κ3) is 2.46. The van der Waals surface area contributed by atoms with Crippen LogP contribution in [-0.4, -0.2) is 36.5 Å². The maximum atomic E-state index is 13.1. The second kappa shape index (κ2) is 6.66. The topological polar surface area (TPSA) is 118 Å². The zero-order chi connectivity index (χ0) is 19.9. The lowest BCUT2D eigenvalue weighted by Gasteiger charge is -2.32. The Morgan fingerprint density at radius 1 is 1.43 bits per heavy atom. The Labute approximate surface area is 162 Å². The molecule has 0 bridgehead atoms. The fourth-order valence-corrected chi connectivity index (χ4v) is 4.81. The number of methoxy groups -OCH3 is 1. The van der Waals surface area contributed by atoms with Crippen LogP contribution < -0.4 is 10.6 Å². The van der Waals surface area contributed by atoms with Crippen LogP contribution >= 0.6 is 0 Å². The molecule has 1 spiro atoms. The number of carbonyl (C=O) groups is 2. The van der Waals surface area contributed by atoms with Crippen LogP contribution in [0.3, 0.4) is 0 Å². The predicted octanol–water partition coefficient (Wildman–Crippen LogP) is 1.83. The number of rotatable bonds is 3. The number of ether oxygens (including phenoxy) is 1. The fourth-order valence-electron chi connectivity index (χ4n) is 4.81. The molecule has 3 unspecified atom stereocenters. The Balaban J connectivity index is 1.75. The molecule has 0 radical (unpaired) electrons. The molecule has 3 heterocycles. The predicted molar refractivity (Wildman–Crippen MR) is 99.5 cm³/mol. The first kappa shape index (κ1) is 18.0. The van der Waals surface area contributed by atoms with Crippen LogP contribution in [0, 0.1) is 28.6 Å². The third-order valence-corrected chi connectivity index (χ3v) is 5.99. The van der Waals surface area contributed by atoms with Crippen molar-refractivity contribution in [3.8, 4) is 12.1 Å². The van der Waals surface area contributed by atoms with Gasteiger partial charge in [-0.05, 0) is 44.0 Å². The molecule has 8 nitrogen and oxygen atoms in total. The highest BCUT2D eigenvalue weighted by Crippen LogP contribution is 2.54. The monoisotopic (exact) mass is 377 g/mol. The maximum absolute atomic E-state index is 13.1. The summed E-state index contributed by atoms with van der Waals surface area (Å²) in [4.78, 5) is 27.6. The van der Waals surface area contributed by atoms with Gasteiger partial charge in [0.2, 0.25) is 5.91 Å². The van der Waals surface area contributed by atoms with Crippen molar-refractivity contribution >= 4 is 23.3 Å². The van der Waals surface area contributed by atoms with Crippen molar-refractivity contribution in [2.24, 2.45) is 5.92 Å².